The van der Waals surface area contributed by atoms with Gasteiger partial charge in [-0.05, 0) is 18.1 Å². The average Bonchev–Trinajstić information content (AvgIpc) is 2.99. The molecule has 0 spiro atoms. The zero-order valence-electron chi connectivity index (χ0n) is 22.4. The van der Waals surface area contributed by atoms with Crippen LogP contribution in [0.15, 0.2) is 84.9 Å². The van der Waals surface area contributed by atoms with E-state index in [0.717, 1.165) is 33.8 Å². The minimum atomic E-state index is -0.397. The zero-order valence-corrected chi connectivity index (χ0v) is 22.4. The fourth-order valence-corrected chi connectivity index (χ4v) is 4.79. The Morgan fingerprint density at radius 2 is 1.52 bits per heavy atom. The Bertz CT molecular complexity index is 1450. The molecule has 1 aromatic heterocycles. The van der Waals surface area contributed by atoms with Crippen LogP contribution in [0.25, 0.3) is 11.4 Å². The lowest BCUT2D eigenvalue weighted by Gasteiger charge is -2.36. The third-order valence-electron chi connectivity index (χ3n) is 7.02. The molecule has 0 atom stereocenters. The largest absolute Gasteiger partial charge is 0.367 e. The van der Waals surface area contributed by atoms with E-state index in [4.69, 9.17) is 14.7 Å². The predicted molar refractivity (Wildman–Crippen MR) is 153 cm³/mol. The molecule has 1 aliphatic heterocycles. The van der Waals surface area contributed by atoms with Crippen LogP contribution in [0.1, 0.15) is 22.4 Å². The number of nitro groups is 1. The standard InChI is InChI=1S/C31H31N5O4/c1-23-28(20-24-12-14-27(15-13-24)36(38)39)31(33-30(32-23)26-10-6-3-7-11-26)35-18-16-34(17-19-35)29(37)22-40-21-25-8-4-2-5-9-25/h2-15H,16-22H2,1H3. The van der Waals surface area contributed by atoms with Crippen molar-refractivity contribution in [2.45, 2.75) is 20.0 Å². The van der Waals surface area contributed by atoms with Gasteiger partial charge in [-0.25, -0.2) is 9.97 Å². The second-order valence-electron chi connectivity index (χ2n) is 9.75. The number of nitro benzene ring substituents is 1. The van der Waals surface area contributed by atoms with Crippen LogP contribution in [0.5, 0.6) is 0 Å². The first-order chi connectivity index (χ1) is 19.5. The number of benzene rings is 3. The van der Waals surface area contributed by atoms with Crippen LogP contribution in [0, 0.1) is 17.0 Å². The molecule has 1 saturated heterocycles. The minimum absolute atomic E-state index is 0.0227. The smallest absolute Gasteiger partial charge is 0.269 e. The van der Waals surface area contributed by atoms with E-state index in [1.54, 1.807) is 12.1 Å². The lowest BCUT2D eigenvalue weighted by Crippen LogP contribution is -2.50. The Kier molecular flexibility index (Phi) is 8.41. The highest BCUT2D eigenvalue weighted by molar-refractivity contribution is 5.77. The summed E-state index contributed by atoms with van der Waals surface area (Å²) in [6.07, 6.45) is 0.542. The zero-order chi connectivity index (χ0) is 27.9. The van der Waals surface area contributed by atoms with E-state index in [0.29, 0.717) is 45.0 Å². The third-order valence-corrected chi connectivity index (χ3v) is 7.02. The first kappa shape index (κ1) is 27.0. The maximum absolute atomic E-state index is 12.8. The maximum Gasteiger partial charge on any atom is 0.269 e. The monoisotopic (exact) mass is 537 g/mol. The number of hydrogen-bond acceptors (Lipinski definition) is 7. The number of hydrogen-bond donors (Lipinski definition) is 0. The summed E-state index contributed by atoms with van der Waals surface area (Å²) in [5.41, 5.74) is 4.79. The van der Waals surface area contributed by atoms with Gasteiger partial charge in [0, 0.05) is 61.6 Å². The van der Waals surface area contributed by atoms with Crippen molar-refractivity contribution < 1.29 is 14.5 Å². The van der Waals surface area contributed by atoms with Crippen molar-refractivity contribution >= 4 is 17.4 Å². The number of ether oxygens (including phenoxy) is 1. The van der Waals surface area contributed by atoms with Crippen LogP contribution in [-0.4, -0.2) is 58.5 Å². The van der Waals surface area contributed by atoms with Gasteiger partial charge in [-0.15, -0.1) is 0 Å². The summed E-state index contributed by atoms with van der Waals surface area (Å²) in [6, 6.07) is 26.3. The van der Waals surface area contributed by atoms with Crippen LogP contribution >= 0.6 is 0 Å². The molecular weight excluding hydrogens is 506 g/mol. The van der Waals surface area contributed by atoms with Gasteiger partial charge in [-0.3, -0.25) is 14.9 Å². The van der Waals surface area contributed by atoms with Crippen LogP contribution in [0.4, 0.5) is 11.5 Å². The molecule has 3 aromatic carbocycles. The van der Waals surface area contributed by atoms with Crippen molar-refractivity contribution in [2.75, 3.05) is 37.7 Å². The number of anilines is 1. The highest BCUT2D eigenvalue weighted by Gasteiger charge is 2.25. The molecule has 0 bridgehead atoms. The number of amides is 1. The van der Waals surface area contributed by atoms with Crippen molar-refractivity contribution in [3.63, 3.8) is 0 Å². The molecule has 5 rings (SSSR count). The topological polar surface area (TPSA) is 102 Å². The summed E-state index contributed by atoms with van der Waals surface area (Å²) in [6.45, 7) is 4.81. The number of carbonyl (C=O) groups is 1. The second kappa shape index (κ2) is 12.5. The van der Waals surface area contributed by atoms with Gasteiger partial charge < -0.3 is 14.5 Å². The quantitative estimate of drug-likeness (QED) is 0.223. The van der Waals surface area contributed by atoms with Gasteiger partial charge in [0.05, 0.1) is 11.5 Å². The van der Waals surface area contributed by atoms with E-state index in [2.05, 4.69) is 4.90 Å². The Labute approximate surface area is 233 Å². The van der Waals surface area contributed by atoms with E-state index < -0.39 is 4.92 Å². The van der Waals surface area contributed by atoms with Gasteiger partial charge >= 0.3 is 0 Å². The van der Waals surface area contributed by atoms with Gasteiger partial charge in [-0.2, -0.15) is 0 Å². The first-order valence-electron chi connectivity index (χ1n) is 13.3. The number of nitrogens with zero attached hydrogens (tertiary/aromatic N) is 5. The van der Waals surface area contributed by atoms with Crippen molar-refractivity contribution in [1.29, 1.82) is 0 Å². The van der Waals surface area contributed by atoms with E-state index in [9.17, 15) is 14.9 Å². The molecule has 0 saturated carbocycles. The van der Waals surface area contributed by atoms with Gasteiger partial charge in [0.25, 0.3) is 5.69 Å². The molecule has 1 amide bonds. The molecular formula is C31H31N5O4. The summed E-state index contributed by atoms with van der Waals surface area (Å²) >= 11 is 0. The third kappa shape index (κ3) is 6.50. The van der Waals surface area contributed by atoms with Crippen molar-refractivity contribution in [2.24, 2.45) is 0 Å². The lowest BCUT2D eigenvalue weighted by molar-refractivity contribution is -0.384. The molecule has 0 N–H and O–H groups in total. The molecule has 0 aliphatic carbocycles. The Morgan fingerprint density at radius 1 is 0.875 bits per heavy atom. The molecule has 40 heavy (non-hydrogen) atoms. The number of aryl methyl sites for hydroxylation is 1. The van der Waals surface area contributed by atoms with E-state index >= 15 is 0 Å². The van der Waals surface area contributed by atoms with E-state index in [-0.39, 0.29) is 18.2 Å². The molecule has 1 fully saturated rings. The number of aromatic nitrogens is 2. The Balaban J connectivity index is 1.32. The van der Waals surface area contributed by atoms with E-state index in [1.807, 2.05) is 72.5 Å². The van der Waals surface area contributed by atoms with Crippen LogP contribution in [-0.2, 0) is 22.6 Å². The number of non-ortho nitro benzene ring substituents is 1. The molecule has 1 aliphatic rings. The first-order valence-corrected chi connectivity index (χ1v) is 13.3. The second-order valence-corrected chi connectivity index (χ2v) is 9.75. The highest BCUT2D eigenvalue weighted by atomic mass is 16.6. The molecule has 2 heterocycles. The number of piperazine rings is 1. The molecule has 9 nitrogen and oxygen atoms in total. The summed E-state index contributed by atoms with van der Waals surface area (Å²) in [5.74, 6) is 1.45. The predicted octanol–water partition coefficient (Wildman–Crippen LogP) is 4.82. The van der Waals surface area contributed by atoms with Gasteiger partial charge in [0.2, 0.25) is 5.91 Å². The average molecular weight is 538 g/mol. The summed E-state index contributed by atoms with van der Waals surface area (Å²) in [4.78, 5) is 37.4. The molecule has 0 unspecified atom stereocenters. The minimum Gasteiger partial charge on any atom is -0.367 e. The number of rotatable bonds is 9. The van der Waals surface area contributed by atoms with Crippen molar-refractivity contribution in [3.05, 3.63) is 117 Å². The van der Waals surface area contributed by atoms with Crippen molar-refractivity contribution in [1.82, 2.24) is 14.9 Å². The number of carbonyl (C=O) groups excluding carboxylic acids is 1. The summed E-state index contributed by atoms with van der Waals surface area (Å²) in [7, 11) is 0. The molecule has 9 heteroatoms. The SMILES string of the molecule is Cc1nc(-c2ccccc2)nc(N2CCN(C(=O)COCc3ccccc3)CC2)c1Cc1ccc([N+](=O)[O-])cc1. The van der Waals surface area contributed by atoms with E-state index in [1.165, 1.54) is 12.1 Å². The van der Waals surface area contributed by atoms with Gasteiger partial charge in [-0.1, -0.05) is 72.8 Å². The van der Waals surface area contributed by atoms with Gasteiger partial charge in [0.1, 0.15) is 12.4 Å². The molecule has 204 valence electrons. The normalized spacial score (nSPS) is 13.3. The van der Waals surface area contributed by atoms with Gasteiger partial charge in [0.15, 0.2) is 5.82 Å². The van der Waals surface area contributed by atoms with Crippen molar-refractivity contribution in [3.8, 4) is 11.4 Å². The molecule has 0 radical (unpaired) electrons. The summed E-state index contributed by atoms with van der Waals surface area (Å²) in [5, 5.41) is 11.1. The Morgan fingerprint density at radius 3 is 2.17 bits per heavy atom. The Hall–Kier alpha value is -4.63. The van der Waals surface area contributed by atoms with Crippen LogP contribution in [0.2, 0.25) is 0 Å². The fraction of sp³-hybridized carbons (Fsp3) is 0.258. The maximum atomic E-state index is 12.8. The summed E-state index contributed by atoms with van der Waals surface area (Å²) < 4.78 is 5.67. The van der Waals surface area contributed by atoms with Crippen LogP contribution in [0.3, 0.4) is 0 Å². The fourth-order valence-electron chi connectivity index (χ4n) is 4.79. The lowest BCUT2D eigenvalue weighted by atomic mass is 10.0. The van der Waals surface area contributed by atoms with Crippen LogP contribution < -0.4 is 4.90 Å². The molecule has 4 aromatic rings. The highest BCUT2D eigenvalue weighted by Crippen LogP contribution is 2.29.